The standard InChI is InChI=1S/C16H22BN3O3/c1-6-19-11-13(7-8-14(19)21)20-10-12(9-18-20)17-22-15(2,3)16(4,5)23-17/h7-11H,6H2,1-5H3. The first-order valence-electron chi connectivity index (χ1n) is 7.84. The van der Waals surface area contributed by atoms with Crippen molar-refractivity contribution in [2.24, 2.45) is 0 Å². The predicted molar refractivity (Wildman–Crippen MR) is 89.2 cm³/mol. The Morgan fingerprint density at radius 2 is 1.78 bits per heavy atom. The van der Waals surface area contributed by atoms with E-state index in [4.69, 9.17) is 9.31 Å². The second-order valence-electron chi connectivity index (χ2n) is 6.82. The van der Waals surface area contributed by atoms with Crippen LogP contribution in [-0.4, -0.2) is 32.7 Å². The molecule has 1 fully saturated rings. The monoisotopic (exact) mass is 315 g/mol. The van der Waals surface area contributed by atoms with Crippen LogP contribution in [0, 0.1) is 0 Å². The zero-order valence-electron chi connectivity index (χ0n) is 14.2. The van der Waals surface area contributed by atoms with E-state index in [0.29, 0.717) is 6.54 Å². The summed E-state index contributed by atoms with van der Waals surface area (Å²) in [5.41, 5.74) is 0.909. The molecule has 0 spiro atoms. The van der Waals surface area contributed by atoms with Gasteiger partial charge in [0.25, 0.3) is 5.56 Å². The molecule has 0 unspecified atom stereocenters. The lowest BCUT2D eigenvalue weighted by Crippen LogP contribution is -2.41. The van der Waals surface area contributed by atoms with E-state index in [-0.39, 0.29) is 16.8 Å². The summed E-state index contributed by atoms with van der Waals surface area (Å²) in [6.07, 6.45) is 5.41. The number of aryl methyl sites for hydroxylation is 1. The molecule has 0 radical (unpaired) electrons. The zero-order chi connectivity index (χ0) is 16.8. The van der Waals surface area contributed by atoms with E-state index < -0.39 is 7.12 Å². The van der Waals surface area contributed by atoms with E-state index >= 15 is 0 Å². The lowest BCUT2D eigenvalue weighted by Gasteiger charge is -2.32. The minimum absolute atomic E-state index is 0.0189. The second-order valence-corrected chi connectivity index (χ2v) is 6.82. The Hall–Kier alpha value is -1.86. The van der Waals surface area contributed by atoms with Crippen molar-refractivity contribution in [1.29, 1.82) is 0 Å². The maximum Gasteiger partial charge on any atom is 0.498 e. The molecule has 1 aliphatic heterocycles. The van der Waals surface area contributed by atoms with Crippen molar-refractivity contribution in [3.05, 3.63) is 41.1 Å². The van der Waals surface area contributed by atoms with Gasteiger partial charge in [-0.2, -0.15) is 5.10 Å². The van der Waals surface area contributed by atoms with Crippen LogP contribution in [0.15, 0.2) is 35.5 Å². The molecule has 3 rings (SSSR count). The van der Waals surface area contributed by atoms with Crippen molar-refractivity contribution >= 4 is 12.6 Å². The smallest absolute Gasteiger partial charge is 0.399 e. The molecule has 23 heavy (non-hydrogen) atoms. The quantitative estimate of drug-likeness (QED) is 0.803. The topological polar surface area (TPSA) is 58.3 Å². The van der Waals surface area contributed by atoms with E-state index in [9.17, 15) is 4.79 Å². The first kappa shape index (κ1) is 16.0. The maximum atomic E-state index is 11.7. The molecule has 1 aliphatic rings. The summed E-state index contributed by atoms with van der Waals surface area (Å²) in [6.45, 7) is 10.6. The summed E-state index contributed by atoms with van der Waals surface area (Å²) in [5.74, 6) is 0. The highest BCUT2D eigenvalue weighted by Gasteiger charge is 2.52. The SMILES string of the molecule is CCn1cc(-n2cc(B3OC(C)(C)C(C)(C)O3)cn2)ccc1=O. The highest BCUT2D eigenvalue weighted by atomic mass is 16.7. The highest BCUT2D eigenvalue weighted by Crippen LogP contribution is 2.36. The molecule has 2 aromatic rings. The first-order chi connectivity index (χ1) is 10.7. The Kier molecular flexibility index (Phi) is 3.73. The number of hydrogen-bond acceptors (Lipinski definition) is 4. The van der Waals surface area contributed by atoms with Crippen LogP contribution in [0.1, 0.15) is 34.6 Å². The molecule has 0 atom stereocenters. The Bertz CT molecular complexity index is 763. The molecule has 0 amide bonds. The second kappa shape index (κ2) is 5.35. The van der Waals surface area contributed by atoms with Gasteiger partial charge in [-0.1, -0.05) is 0 Å². The molecule has 0 aliphatic carbocycles. The lowest BCUT2D eigenvalue weighted by molar-refractivity contribution is 0.00578. The van der Waals surface area contributed by atoms with Crippen molar-refractivity contribution in [3.8, 4) is 5.69 Å². The van der Waals surface area contributed by atoms with Crippen LogP contribution in [0.5, 0.6) is 0 Å². The van der Waals surface area contributed by atoms with E-state index in [1.807, 2.05) is 40.8 Å². The van der Waals surface area contributed by atoms with Crippen LogP contribution < -0.4 is 11.0 Å². The number of aromatic nitrogens is 3. The molecule has 0 saturated carbocycles. The maximum absolute atomic E-state index is 11.7. The average Bonchev–Trinajstić information content (AvgIpc) is 3.03. The summed E-state index contributed by atoms with van der Waals surface area (Å²) >= 11 is 0. The molecule has 0 N–H and O–H groups in total. The lowest BCUT2D eigenvalue weighted by atomic mass is 9.82. The van der Waals surface area contributed by atoms with Gasteiger partial charge in [-0.25, -0.2) is 4.68 Å². The molecule has 2 aromatic heterocycles. The van der Waals surface area contributed by atoms with Crippen molar-refractivity contribution in [1.82, 2.24) is 14.3 Å². The van der Waals surface area contributed by atoms with E-state index in [0.717, 1.165) is 11.2 Å². The molecular weight excluding hydrogens is 293 g/mol. The fourth-order valence-corrected chi connectivity index (χ4v) is 2.48. The summed E-state index contributed by atoms with van der Waals surface area (Å²) in [6, 6.07) is 3.31. The van der Waals surface area contributed by atoms with Gasteiger partial charge in [-0.3, -0.25) is 4.79 Å². The molecule has 0 bridgehead atoms. The fraction of sp³-hybridized carbons (Fsp3) is 0.500. The average molecular weight is 315 g/mol. The van der Waals surface area contributed by atoms with Crippen LogP contribution in [0.3, 0.4) is 0 Å². The van der Waals surface area contributed by atoms with Gasteiger partial charge in [0.2, 0.25) is 0 Å². The third kappa shape index (κ3) is 2.75. The predicted octanol–water partition coefficient (Wildman–Crippen LogP) is 1.35. The number of rotatable bonds is 3. The highest BCUT2D eigenvalue weighted by molar-refractivity contribution is 6.62. The van der Waals surface area contributed by atoms with Crippen molar-refractivity contribution in [3.63, 3.8) is 0 Å². The molecule has 1 saturated heterocycles. The third-order valence-corrected chi connectivity index (χ3v) is 4.70. The van der Waals surface area contributed by atoms with Gasteiger partial charge in [-0.05, 0) is 40.7 Å². The largest absolute Gasteiger partial charge is 0.498 e. The van der Waals surface area contributed by atoms with Crippen molar-refractivity contribution in [2.75, 3.05) is 0 Å². The minimum atomic E-state index is -0.439. The fourth-order valence-electron chi connectivity index (χ4n) is 2.48. The van der Waals surface area contributed by atoms with E-state index in [1.165, 1.54) is 0 Å². The Morgan fingerprint density at radius 3 is 2.39 bits per heavy atom. The minimum Gasteiger partial charge on any atom is -0.399 e. The van der Waals surface area contributed by atoms with Crippen LogP contribution >= 0.6 is 0 Å². The summed E-state index contributed by atoms with van der Waals surface area (Å²) < 4.78 is 15.4. The van der Waals surface area contributed by atoms with Gasteiger partial charge in [0, 0.05) is 36.7 Å². The normalized spacial score (nSPS) is 19.3. The van der Waals surface area contributed by atoms with E-state index in [2.05, 4.69) is 5.10 Å². The number of hydrogen-bond donors (Lipinski definition) is 0. The van der Waals surface area contributed by atoms with Crippen LogP contribution in [0.25, 0.3) is 5.69 Å². The summed E-state index contributed by atoms with van der Waals surface area (Å²) in [4.78, 5) is 11.7. The van der Waals surface area contributed by atoms with E-state index in [1.54, 1.807) is 33.8 Å². The van der Waals surface area contributed by atoms with Crippen molar-refractivity contribution < 1.29 is 9.31 Å². The number of pyridine rings is 1. The molecule has 6 nitrogen and oxygen atoms in total. The molecule has 3 heterocycles. The Labute approximate surface area is 136 Å². The van der Waals surface area contributed by atoms with Crippen LogP contribution in [0.2, 0.25) is 0 Å². The third-order valence-electron chi connectivity index (χ3n) is 4.70. The number of nitrogens with zero attached hydrogens (tertiary/aromatic N) is 3. The molecule has 0 aromatic carbocycles. The zero-order valence-corrected chi connectivity index (χ0v) is 14.2. The van der Waals surface area contributed by atoms with Crippen molar-refractivity contribution in [2.45, 2.75) is 52.4 Å². The molecule has 7 heteroatoms. The summed E-state index contributed by atoms with van der Waals surface area (Å²) in [7, 11) is -0.439. The van der Waals surface area contributed by atoms with Gasteiger partial charge in [-0.15, -0.1) is 0 Å². The summed E-state index contributed by atoms with van der Waals surface area (Å²) in [5, 5.41) is 4.37. The molecule has 122 valence electrons. The molecular formula is C16H22BN3O3. The van der Waals surface area contributed by atoms with Gasteiger partial charge in [0.1, 0.15) is 0 Å². The first-order valence-corrected chi connectivity index (χ1v) is 7.84. The Morgan fingerprint density at radius 1 is 1.13 bits per heavy atom. The van der Waals surface area contributed by atoms with Gasteiger partial charge < -0.3 is 13.9 Å². The van der Waals surface area contributed by atoms with Gasteiger partial charge in [0.05, 0.1) is 16.9 Å². The van der Waals surface area contributed by atoms with Gasteiger partial charge >= 0.3 is 7.12 Å². The van der Waals surface area contributed by atoms with Crippen LogP contribution in [-0.2, 0) is 15.9 Å². The Balaban J connectivity index is 1.89. The van der Waals surface area contributed by atoms with Gasteiger partial charge in [0.15, 0.2) is 0 Å². The van der Waals surface area contributed by atoms with Crippen LogP contribution in [0.4, 0.5) is 0 Å².